The number of rotatable bonds is 12. The lowest BCUT2D eigenvalue weighted by atomic mass is 9.95. The van der Waals surface area contributed by atoms with Crippen molar-refractivity contribution in [2.24, 2.45) is 0 Å². The first-order valence-corrected chi connectivity index (χ1v) is 19.7. The summed E-state index contributed by atoms with van der Waals surface area (Å²) < 4.78 is 73.9. The summed E-state index contributed by atoms with van der Waals surface area (Å²) in [4.78, 5) is 14.4. The number of nitrogens with one attached hydrogen (secondary N) is 2. The number of aliphatic hydroxyl groups excluding tert-OH is 1. The summed E-state index contributed by atoms with van der Waals surface area (Å²) in [6.45, 7) is 5.75. The predicted octanol–water partition coefficient (Wildman–Crippen LogP) is 7.66. The van der Waals surface area contributed by atoms with E-state index in [2.05, 4.69) is 10.0 Å². The Morgan fingerprint density at radius 2 is 1.56 bits per heavy atom. The van der Waals surface area contributed by atoms with Crippen molar-refractivity contribution in [2.45, 2.75) is 112 Å². The van der Waals surface area contributed by atoms with Gasteiger partial charge in [0.1, 0.15) is 22.1 Å². The van der Waals surface area contributed by atoms with Crippen molar-refractivity contribution >= 4 is 39.1 Å². The normalized spacial score (nSPS) is 18.5. The first-order valence-electron chi connectivity index (χ1n) is 17.0. The summed E-state index contributed by atoms with van der Waals surface area (Å²) in [5.74, 6) is -3.83. The molecule has 2 atom stereocenters. The molecule has 3 aromatic rings. The minimum atomic E-state index is -4.50. The number of sulfonamides is 1. The molecule has 5 rings (SSSR count). The monoisotopic (exact) mass is 753 g/mol. The van der Waals surface area contributed by atoms with Crippen LogP contribution in [-0.2, 0) is 32.0 Å². The molecule has 0 bridgehead atoms. The maximum atomic E-state index is 16.6. The molecule has 3 N–H and O–H groups in total. The van der Waals surface area contributed by atoms with E-state index in [0.29, 0.717) is 28.3 Å². The van der Waals surface area contributed by atoms with Gasteiger partial charge in [-0.25, -0.2) is 13.2 Å². The quantitative estimate of drug-likeness (QED) is 0.174. The van der Waals surface area contributed by atoms with Crippen LogP contribution in [0.4, 0.5) is 13.6 Å². The Morgan fingerprint density at radius 3 is 2.16 bits per heavy atom. The Labute approximate surface area is 302 Å². The zero-order valence-electron chi connectivity index (χ0n) is 28.5. The number of halogens is 3. The molecule has 2 aliphatic rings. The van der Waals surface area contributed by atoms with Crippen molar-refractivity contribution in [3.8, 4) is 11.1 Å². The third-order valence-electron chi connectivity index (χ3n) is 8.96. The van der Waals surface area contributed by atoms with E-state index in [9.17, 15) is 18.3 Å². The minimum Gasteiger partial charge on any atom is -0.444 e. The number of benzene rings is 2. The number of alkyl carbamates (subject to hydrolysis) is 1. The Bertz CT molecular complexity index is 1670. The van der Waals surface area contributed by atoms with Crippen molar-refractivity contribution in [3.63, 3.8) is 0 Å². The fourth-order valence-corrected chi connectivity index (χ4v) is 8.91. The van der Waals surface area contributed by atoms with Crippen molar-refractivity contribution in [3.05, 3.63) is 76.1 Å². The van der Waals surface area contributed by atoms with Crippen LogP contribution < -0.4 is 10.0 Å². The van der Waals surface area contributed by atoms with E-state index in [0.717, 1.165) is 42.6 Å². The molecule has 14 heteroatoms. The Hall–Kier alpha value is -2.65. The number of aliphatic hydroxyl groups is 1. The molecule has 2 heterocycles. The number of ether oxygens (including phenoxy) is 2. The number of carbonyl (C=O) groups excluding carboxylic acids is 1. The van der Waals surface area contributed by atoms with Crippen LogP contribution in [0.3, 0.4) is 0 Å². The minimum absolute atomic E-state index is 0.122. The van der Waals surface area contributed by atoms with E-state index in [-0.39, 0.29) is 36.1 Å². The van der Waals surface area contributed by atoms with Gasteiger partial charge in [-0.3, -0.25) is 4.90 Å². The third-order valence-corrected chi connectivity index (χ3v) is 12.2. The lowest BCUT2D eigenvalue weighted by Gasteiger charge is -2.40. The molecule has 2 unspecified atom stereocenters. The van der Waals surface area contributed by atoms with Crippen LogP contribution >= 0.6 is 22.9 Å². The molecule has 0 radical (unpaired) electrons. The number of nitrogens with zero attached hydrogens (tertiary/aromatic N) is 1. The van der Waals surface area contributed by atoms with Gasteiger partial charge in [0.15, 0.2) is 0 Å². The summed E-state index contributed by atoms with van der Waals surface area (Å²) in [6.07, 6.45) is 3.61. The molecular weight excluding hydrogens is 708 g/mol. The van der Waals surface area contributed by atoms with Crippen molar-refractivity contribution in [1.29, 1.82) is 0 Å². The van der Waals surface area contributed by atoms with Gasteiger partial charge in [-0.15, -0.1) is 11.3 Å². The van der Waals surface area contributed by atoms with Gasteiger partial charge in [0.05, 0.1) is 12.7 Å². The topological polar surface area (TPSA) is 117 Å². The molecule has 1 saturated heterocycles. The fourth-order valence-electron chi connectivity index (χ4n) is 6.26. The first-order chi connectivity index (χ1) is 23.6. The Balaban J connectivity index is 1.34. The summed E-state index contributed by atoms with van der Waals surface area (Å²) in [6, 6.07) is 12.9. The molecule has 1 saturated carbocycles. The maximum Gasteiger partial charge on any atom is 0.407 e. The highest BCUT2D eigenvalue weighted by molar-refractivity contribution is 7.91. The standard InChI is InChI=1S/C36H46ClF2N3O6S2/c1-35(2,3)48-34(44)40-28-19-21-42(22-20-28)33(43)32(36(38,39)26-13-9-24(10-14-26)25-11-15-27(37)16-12-25)41-50(45,46)31-18-17-30(49-31)23-47-29-7-5-4-6-8-29/h9-18,28-29,32-33,41,43H,4-8,19-23H2,1-3H3,(H,40,44). The number of amides is 1. The van der Waals surface area contributed by atoms with Gasteiger partial charge in [-0.05, 0) is 81.8 Å². The van der Waals surface area contributed by atoms with Gasteiger partial charge in [-0.1, -0.05) is 67.3 Å². The van der Waals surface area contributed by atoms with E-state index in [1.54, 1.807) is 51.1 Å². The van der Waals surface area contributed by atoms with Gasteiger partial charge in [0.25, 0.3) is 15.9 Å². The predicted molar refractivity (Wildman–Crippen MR) is 191 cm³/mol. The smallest absolute Gasteiger partial charge is 0.407 e. The highest BCUT2D eigenvalue weighted by atomic mass is 35.5. The van der Waals surface area contributed by atoms with Crippen LogP contribution in [0.25, 0.3) is 11.1 Å². The van der Waals surface area contributed by atoms with Crippen molar-refractivity contribution < 1.29 is 36.6 Å². The molecule has 2 fully saturated rings. The van der Waals surface area contributed by atoms with E-state index in [1.165, 1.54) is 41.7 Å². The molecule has 9 nitrogen and oxygen atoms in total. The van der Waals surface area contributed by atoms with Gasteiger partial charge in [0.2, 0.25) is 0 Å². The van der Waals surface area contributed by atoms with Crippen molar-refractivity contribution in [2.75, 3.05) is 13.1 Å². The number of hydrogen-bond acceptors (Lipinski definition) is 8. The molecule has 0 spiro atoms. The molecule has 1 aliphatic heterocycles. The molecule has 1 amide bonds. The lowest BCUT2D eigenvalue weighted by molar-refractivity contribution is -0.127. The molecule has 274 valence electrons. The average Bonchev–Trinajstić information content (AvgIpc) is 3.57. The second kappa shape index (κ2) is 16.4. The van der Waals surface area contributed by atoms with Gasteiger partial charge in [-0.2, -0.15) is 13.5 Å². The van der Waals surface area contributed by atoms with E-state index < -0.39 is 45.5 Å². The van der Waals surface area contributed by atoms with Gasteiger partial charge >= 0.3 is 6.09 Å². The van der Waals surface area contributed by atoms with Crippen molar-refractivity contribution in [1.82, 2.24) is 14.9 Å². The average molecular weight is 754 g/mol. The van der Waals surface area contributed by atoms with Gasteiger partial charge in [0, 0.05) is 34.6 Å². The highest BCUT2D eigenvalue weighted by Gasteiger charge is 2.50. The van der Waals surface area contributed by atoms with Crippen LogP contribution in [0.1, 0.15) is 76.2 Å². The van der Waals surface area contributed by atoms with E-state index >= 15 is 8.78 Å². The van der Waals surface area contributed by atoms with E-state index in [4.69, 9.17) is 21.1 Å². The van der Waals surface area contributed by atoms with Crippen LogP contribution in [0.2, 0.25) is 5.02 Å². The summed E-state index contributed by atoms with van der Waals surface area (Å²) in [7, 11) is -4.50. The summed E-state index contributed by atoms with van der Waals surface area (Å²) >= 11 is 6.96. The van der Waals surface area contributed by atoms with E-state index in [1.807, 2.05) is 0 Å². The fraction of sp³-hybridized carbons (Fsp3) is 0.528. The highest BCUT2D eigenvalue weighted by Crippen LogP contribution is 2.37. The van der Waals surface area contributed by atoms with Gasteiger partial charge < -0.3 is 19.9 Å². The van der Waals surface area contributed by atoms with Crippen LogP contribution in [0, 0.1) is 0 Å². The third kappa shape index (κ3) is 10.2. The van der Waals surface area contributed by atoms with Crippen LogP contribution in [0.15, 0.2) is 64.9 Å². The number of hydrogen-bond donors (Lipinski definition) is 3. The number of carbonyl (C=O) groups is 1. The number of alkyl halides is 2. The lowest BCUT2D eigenvalue weighted by Crippen LogP contribution is -2.60. The summed E-state index contributed by atoms with van der Waals surface area (Å²) in [5, 5.41) is 14.9. The second-order valence-corrected chi connectivity index (χ2v) is 17.5. The summed E-state index contributed by atoms with van der Waals surface area (Å²) in [5.41, 5.74) is 0.289. The largest absolute Gasteiger partial charge is 0.444 e. The maximum absolute atomic E-state index is 16.6. The molecule has 50 heavy (non-hydrogen) atoms. The molecular formula is C36H46ClF2N3O6S2. The molecule has 2 aromatic carbocycles. The Kier molecular flexibility index (Phi) is 12.6. The molecule has 1 aliphatic carbocycles. The molecule has 1 aromatic heterocycles. The van der Waals surface area contributed by atoms with Crippen LogP contribution in [0.5, 0.6) is 0 Å². The Morgan fingerprint density at radius 1 is 0.960 bits per heavy atom. The SMILES string of the molecule is CC(C)(C)OC(=O)NC1CCN(C(O)C(NS(=O)(=O)c2ccc(COC3CCCCC3)s2)C(F)(F)c2ccc(-c3ccc(Cl)cc3)cc2)CC1. The van der Waals surface area contributed by atoms with Crippen LogP contribution in [-0.4, -0.2) is 67.6 Å². The first kappa shape index (κ1) is 38.6. The zero-order valence-corrected chi connectivity index (χ0v) is 30.9. The number of piperidine rings is 1. The number of thiophene rings is 1. The zero-order chi connectivity index (χ0) is 36.1. The second-order valence-electron chi connectivity index (χ2n) is 14.0. The number of likely N-dealkylation sites (tertiary alicyclic amines) is 1.